The number of allylic oxidation sites excluding steroid dienone is 3. The Morgan fingerprint density at radius 1 is 1.19 bits per heavy atom. The van der Waals surface area contributed by atoms with Gasteiger partial charge in [0, 0.05) is 17.9 Å². The van der Waals surface area contributed by atoms with Crippen LogP contribution in [0.5, 0.6) is 0 Å². The molecule has 6 nitrogen and oxygen atoms in total. The molecule has 0 amide bonds. The number of ether oxygens (including phenoxy) is 1. The maximum Gasteiger partial charge on any atom is 0.330 e. The van der Waals surface area contributed by atoms with Crippen LogP contribution in [0.15, 0.2) is 36.5 Å². The fraction of sp³-hybridized carbons (Fsp3) is 0.619. The van der Waals surface area contributed by atoms with Gasteiger partial charge in [-0.05, 0) is 30.9 Å². The lowest BCUT2D eigenvalue weighted by Crippen LogP contribution is -2.46. The van der Waals surface area contributed by atoms with Crippen LogP contribution in [0.3, 0.4) is 0 Å². The lowest BCUT2D eigenvalue weighted by Gasteiger charge is -2.30. The largest absolute Gasteiger partial charge is 0.456 e. The van der Waals surface area contributed by atoms with Gasteiger partial charge in [-0.1, -0.05) is 45.9 Å². The minimum Gasteiger partial charge on any atom is -0.456 e. The summed E-state index contributed by atoms with van der Waals surface area (Å²) >= 11 is 0. The number of carbonyl (C=O) groups excluding carboxylic acids is 2. The quantitative estimate of drug-likeness (QED) is 0.633. The predicted molar refractivity (Wildman–Crippen MR) is 103 cm³/mol. The van der Waals surface area contributed by atoms with E-state index in [2.05, 4.69) is 0 Å². The summed E-state index contributed by atoms with van der Waals surface area (Å²) in [5.41, 5.74) is -1.76. The van der Waals surface area contributed by atoms with Crippen molar-refractivity contribution < 1.29 is 29.6 Å². The van der Waals surface area contributed by atoms with E-state index in [1.54, 1.807) is 26.8 Å². The van der Waals surface area contributed by atoms with Gasteiger partial charge in [0.2, 0.25) is 0 Å². The third-order valence-corrected chi connectivity index (χ3v) is 5.07. The molecule has 0 bridgehead atoms. The van der Waals surface area contributed by atoms with E-state index in [0.29, 0.717) is 6.42 Å². The molecular weight excluding hydrogens is 348 g/mol. The van der Waals surface area contributed by atoms with Crippen molar-refractivity contribution in [1.82, 2.24) is 0 Å². The van der Waals surface area contributed by atoms with Crippen molar-refractivity contribution >= 4 is 11.8 Å². The predicted octanol–water partition coefficient (Wildman–Crippen LogP) is 1.94. The molecule has 0 aromatic carbocycles. The topological polar surface area (TPSA) is 104 Å². The van der Waals surface area contributed by atoms with Crippen molar-refractivity contribution in [2.75, 3.05) is 6.61 Å². The zero-order chi connectivity index (χ0) is 20.6. The summed E-state index contributed by atoms with van der Waals surface area (Å²) in [4.78, 5) is 24.3. The smallest absolute Gasteiger partial charge is 0.330 e. The van der Waals surface area contributed by atoms with Crippen molar-refractivity contribution in [1.29, 1.82) is 0 Å². The van der Waals surface area contributed by atoms with Gasteiger partial charge in [-0.25, -0.2) is 4.79 Å². The lowest BCUT2D eigenvalue weighted by atomic mass is 9.85. The summed E-state index contributed by atoms with van der Waals surface area (Å²) < 4.78 is 5.30. The van der Waals surface area contributed by atoms with E-state index in [-0.39, 0.29) is 30.0 Å². The molecule has 1 aliphatic rings. The first-order valence-electron chi connectivity index (χ1n) is 9.44. The molecule has 1 heterocycles. The number of esters is 1. The number of aliphatic hydroxyl groups excluding tert-OH is 2. The molecule has 0 aromatic heterocycles. The number of rotatable bonds is 2. The van der Waals surface area contributed by atoms with Crippen LogP contribution in [0, 0.1) is 17.8 Å². The van der Waals surface area contributed by atoms with E-state index >= 15 is 0 Å². The molecule has 0 saturated heterocycles. The fourth-order valence-electron chi connectivity index (χ4n) is 3.19. The Kier molecular flexibility index (Phi) is 9.09. The molecule has 1 rings (SSSR count). The monoisotopic (exact) mass is 380 g/mol. The highest BCUT2D eigenvalue weighted by molar-refractivity contribution is 5.91. The van der Waals surface area contributed by atoms with Gasteiger partial charge in [0.15, 0.2) is 5.78 Å². The summed E-state index contributed by atoms with van der Waals surface area (Å²) in [6, 6.07) is 0. The molecule has 27 heavy (non-hydrogen) atoms. The molecule has 0 fully saturated rings. The summed E-state index contributed by atoms with van der Waals surface area (Å²) in [6.45, 7) is 6.55. The molecule has 0 aliphatic carbocycles. The van der Waals surface area contributed by atoms with Crippen molar-refractivity contribution in [3.63, 3.8) is 0 Å². The molecule has 0 aromatic rings. The minimum absolute atomic E-state index is 0.0833. The Hall–Kier alpha value is -1.76. The molecule has 1 aliphatic heterocycles. The van der Waals surface area contributed by atoms with Crippen LogP contribution < -0.4 is 0 Å². The van der Waals surface area contributed by atoms with Crippen LogP contribution in [0.2, 0.25) is 0 Å². The number of hydrogen-bond donors (Lipinski definition) is 3. The summed E-state index contributed by atoms with van der Waals surface area (Å²) in [6.07, 6.45) is 7.60. The van der Waals surface area contributed by atoms with Gasteiger partial charge in [-0.3, -0.25) is 4.79 Å². The summed E-state index contributed by atoms with van der Waals surface area (Å²) in [7, 11) is 0. The second-order valence-corrected chi connectivity index (χ2v) is 7.43. The SMILES string of the molecule is CC[C@H]1OC(=O)/C=C\[C@H](C)[C@@H](O)[C@@H](C)C[C@@H](C)C(=O)/C=C\C=C/[C@]1(O)CO. The molecule has 0 radical (unpaired) electrons. The first-order chi connectivity index (χ1) is 12.6. The highest BCUT2D eigenvalue weighted by atomic mass is 16.6. The Bertz CT molecular complexity index is 593. The Balaban J connectivity index is 3.20. The van der Waals surface area contributed by atoms with Crippen LogP contribution in [-0.4, -0.2) is 51.5 Å². The number of carbonyl (C=O) groups is 2. The van der Waals surface area contributed by atoms with E-state index in [4.69, 9.17) is 4.74 Å². The van der Waals surface area contributed by atoms with Crippen molar-refractivity contribution in [2.24, 2.45) is 17.8 Å². The van der Waals surface area contributed by atoms with Crippen LogP contribution in [0.1, 0.15) is 40.5 Å². The van der Waals surface area contributed by atoms with Crippen molar-refractivity contribution in [3.8, 4) is 0 Å². The van der Waals surface area contributed by atoms with E-state index in [0.717, 1.165) is 0 Å². The number of cyclic esters (lactones) is 1. The average molecular weight is 380 g/mol. The van der Waals surface area contributed by atoms with E-state index in [1.807, 2.05) is 6.92 Å². The highest BCUT2D eigenvalue weighted by Gasteiger charge is 2.35. The number of hydrogen-bond acceptors (Lipinski definition) is 6. The average Bonchev–Trinajstić information content (AvgIpc) is 2.65. The summed E-state index contributed by atoms with van der Waals surface area (Å²) in [5, 5.41) is 30.7. The second-order valence-electron chi connectivity index (χ2n) is 7.43. The Labute approximate surface area is 161 Å². The summed E-state index contributed by atoms with van der Waals surface area (Å²) in [5.74, 6) is -1.44. The molecular formula is C21H32O6. The van der Waals surface area contributed by atoms with Gasteiger partial charge < -0.3 is 20.1 Å². The fourth-order valence-corrected chi connectivity index (χ4v) is 3.19. The van der Waals surface area contributed by atoms with Crippen LogP contribution >= 0.6 is 0 Å². The molecule has 152 valence electrons. The molecule has 6 atom stereocenters. The van der Waals surface area contributed by atoms with Crippen LogP contribution in [0.4, 0.5) is 0 Å². The third kappa shape index (κ3) is 6.72. The highest BCUT2D eigenvalue weighted by Crippen LogP contribution is 2.23. The van der Waals surface area contributed by atoms with E-state index < -0.39 is 30.4 Å². The molecule has 0 spiro atoms. The standard InChI is InChI=1S/C21H32O6/c1-5-18-21(26,13-22)11-7-6-8-17(23)15(3)12-16(4)20(25)14(2)9-10-19(24)27-18/h6-11,14-16,18,20,22,25-26H,5,12-13H2,1-4H3/b8-6-,10-9-,11-7-/t14-,15+,16-,18+,20+,21-/m0/s1. The van der Waals surface area contributed by atoms with Gasteiger partial charge in [-0.15, -0.1) is 0 Å². The van der Waals surface area contributed by atoms with E-state index in [1.165, 1.54) is 30.4 Å². The van der Waals surface area contributed by atoms with Gasteiger partial charge in [0.1, 0.15) is 11.7 Å². The van der Waals surface area contributed by atoms with Crippen LogP contribution in [0.25, 0.3) is 0 Å². The van der Waals surface area contributed by atoms with Crippen molar-refractivity contribution in [2.45, 2.75) is 58.3 Å². The number of aliphatic hydroxyl groups is 3. The van der Waals surface area contributed by atoms with Crippen LogP contribution in [-0.2, 0) is 14.3 Å². The maximum atomic E-state index is 12.2. The lowest BCUT2D eigenvalue weighted by molar-refractivity contribution is -0.158. The molecule has 0 saturated carbocycles. The Morgan fingerprint density at radius 2 is 1.85 bits per heavy atom. The number of ketones is 1. The van der Waals surface area contributed by atoms with E-state index in [9.17, 15) is 24.9 Å². The normalized spacial score (nSPS) is 40.2. The van der Waals surface area contributed by atoms with Gasteiger partial charge in [0.25, 0.3) is 0 Å². The minimum atomic E-state index is -1.76. The molecule has 3 N–H and O–H groups in total. The third-order valence-electron chi connectivity index (χ3n) is 5.07. The second kappa shape index (κ2) is 10.5. The molecule has 6 heteroatoms. The van der Waals surface area contributed by atoms with Gasteiger partial charge >= 0.3 is 5.97 Å². The van der Waals surface area contributed by atoms with Crippen molar-refractivity contribution in [3.05, 3.63) is 36.5 Å². The maximum absolute atomic E-state index is 12.2. The Morgan fingerprint density at radius 3 is 2.44 bits per heavy atom. The molecule has 0 unspecified atom stereocenters. The first kappa shape index (κ1) is 23.3. The first-order valence-corrected chi connectivity index (χ1v) is 9.44. The zero-order valence-corrected chi connectivity index (χ0v) is 16.5. The zero-order valence-electron chi connectivity index (χ0n) is 16.5. The van der Waals surface area contributed by atoms with Gasteiger partial charge in [-0.2, -0.15) is 0 Å². The van der Waals surface area contributed by atoms with Gasteiger partial charge in [0.05, 0.1) is 12.7 Å².